The molecule has 35 heavy (non-hydrogen) atoms. The van der Waals surface area contributed by atoms with Crippen LogP contribution >= 0.6 is 11.6 Å². The average Bonchev–Trinajstić information content (AvgIpc) is 3.54. The van der Waals surface area contributed by atoms with Gasteiger partial charge in [-0.2, -0.15) is 5.10 Å². The summed E-state index contributed by atoms with van der Waals surface area (Å²) in [6.07, 6.45) is 2.44. The van der Waals surface area contributed by atoms with Crippen molar-refractivity contribution < 1.29 is 14.0 Å². The van der Waals surface area contributed by atoms with Crippen LogP contribution in [-0.4, -0.2) is 27.1 Å². The standard InChI is InChI=1S/C27H25ClN4O3/c1-3-18-8-12-21(13-9-18)32-25(33)23-15-22(24-5-4-14-35-24)30-31(23)17-27(32,2)26(34)29-16-19-6-10-20(28)11-7-19/h4-15H,3,16-17H2,1-2H3,(H,29,34)/t27-/m1/s1. The van der Waals surface area contributed by atoms with E-state index in [2.05, 4.69) is 17.3 Å². The van der Waals surface area contributed by atoms with Crippen molar-refractivity contribution in [2.45, 2.75) is 38.9 Å². The van der Waals surface area contributed by atoms with Gasteiger partial charge >= 0.3 is 0 Å². The fraction of sp³-hybridized carbons (Fsp3) is 0.222. The smallest absolute Gasteiger partial charge is 0.277 e. The second kappa shape index (κ2) is 9.07. The van der Waals surface area contributed by atoms with Crippen molar-refractivity contribution in [1.82, 2.24) is 15.1 Å². The summed E-state index contributed by atoms with van der Waals surface area (Å²) < 4.78 is 7.07. The summed E-state index contributed by atoms with van der Waals surface area (Å²) in [5.74, 6) is -0.0107. The van der Waals surface area contributed by atoms with Crippen LogP contribution in [0.2, 0.25) is 5.02 Å². The number of hydrogen-bond donors (Lipinski definition) is 1. The highest BCUT2D eigenvalue weighted by molar-refractivity contribution is 6.30. The number of fused-ring (bicyclic) bond motifs is 1. The molecule has 0 aliphatic carbocycles. The highest BCUT2D eigenvalue weighted by Crippen LogP contribution is 2.34. The maximum absolute atomic E-state index is 13.8. The molecule has 0 radical (unpaired) electrons. The third kappa shape index (κ3) is 4.23. The quantitative estimate of drug-likeness (QED) is 0.409. The molecular formula is C27H25ClN4O3. The van der Waals surface area contributed by atoms with Gasteiger partial charge in [0.25, 0.3) is 5.91 Å². The lowest BCUT2D eigenvalue weighted by molar-refractivity contribution is -0.126. The summed E-state index contributed by atoms with van der Waals surface area (Å²) in [5.41, 5.74) is 2.45. The molecule has 0 spiro atoms. The van der Waals surface area contributed by atoms with Crippen LogP contribution in [-0.2, 0) is 24.3 Å². The molecule has 178 valence electrons. The van der Waals surface area contributed by atoms with Crippen molar-refractivity contribution >= 4 is 29.1 Å². The van der Waals surface area contributed by atoms with Crippen molar-refractivity contribution in [1.29, 1.82) is 0 Å². The van der Waals surface area contributed by atoms with Crippen LogP contribution in [0.25, 0.3) is 11.5 Å². The molecule has 7 nitrogen and oxygen atoms in total. The number of nitrogens with zero attached hydrogens (tertiary/aromatic N) is 3. The number of halogens is 1. The highest BCUT2D eigenvalue weighted by Gasteiger charge is 2.49. The van der Waals surface area contributed by atoms with Crippen LogP contribution in [0.4, 0.5) is 5.69 Å². The SMILES string of the molecule is CCc1ccc(N2C(=O)c3cc(-c4ccco4)nn3C[C@]2(C)C(=O)NCc2ccc(Cl)cc2)cc1. The van der Waals surface area contributed by atoms with E-state index in [1.54, 1.807) is 53.1 Å². The van der Waals surface area contributed by atoms with E-state index in [0.717, 1.165) is 17.5 Å². The zero-order valence-electron chi connectivity index (χ0n) is 19.5. The van der Waals surface area contributed by atoms with Crippen molar-refractivity contribution in [2.24, 2.45) is 0 Å². The lowest BCUT2D eigenvalue weighted by atomic mass is 9.93. The molecule has 0 unspecified atom stereocenters. The molecule has 1 aliphatic heterocycles. The van der Waals surface area contributed by atoms with E-state index in [4.69, 9.17) is 16.0 Å². The maximum Gasteiger partial charge on any atom is 0.277 e. The second-order valence-electron chi connectivity index (χ2n) is 8.79. The number of anilines is 1. The fourth-order valence-corrected chi connectivity index (χ4v) is 4.51. The number of rotatable bonds is 6. The summed E-state index contributed by atoms with van der Waals surface area (Å²) in [4.78, 5) is 29.1. The first kappa shape index (κ1) is 22.9. The molecule has 1 atom stereocenters. The number of carbonyl (C=O) groups excluding carboxylic acids is 2. The van der Waals surface area contributed by atoms with Gasteiger partial charge in [0.05, 0.1) is 12.8 Å². The third-order valence-corrected chi connectivity index (χ3v) is 6.64. The second-order valence-corrected chi connectivity index (χ2v) is 9.23. The molecule has 0 saturated heterocycles. The van der Waals surface area contributed by atoms with E-state index in [1.165, 1.54) is 0 Å². The molecule has 2 amide bonds. The number of benzene rings is 2. The molecule has 8 heteroatoms. The van der Waals surface area contributed by atoms with Crippen LogP contribution in [0.5, 0.6) is 0 Å². The first-order valence-corrected chi connectivity index (χ1v) is 11.8. The van der Waals surface area contributed by atoms with Gasteiger partial charge in [0, 0.05) is 23.3 Å². The van der Waals surface area contributed by atoms with Gasteiger partial charge in [-0.05, 0) is 60.9 Å². The van der Waals surface area contributed by atoms with Crippen LogP contribution in [0.3, 0.4) is 0 Å². The topological polar surface area (TPSA) is 80.4 Å². The monoisotopic (exact) mass is 488 g/mol. The Hall–Kier alpha value is -3.84. The normalized spacial score (nSPS) is 17.3. The van der Waals surface area contributed by atoms with Crippen LogP contribution in [0.15, 0.2) is 77.4 Å². The zero-order chi connectivity index (χ0) is 24.6. The Bertz CT molecular complexity index is 1360. The number of aromatic nitrogens is 2. The summed E-state index contributed by atoms with van der Waals surface area (Å²) in [5, 5.41) is 8.22. The van der Waals surface area contributed by atoms with Crippen LogP contribution < -0.4 is 10.2 Å². The first-order chi connectivity index (χ1) is 16.9. The number of carbonyl (C=O) groups is 2. The Balaban J connectivity index is 1.52. The Morgan fingerprint density at radius 1 is 1.11 bits per heavy atom. The van der Waals surface area contributed by atoms with E-state index in [0.29, 0.717) is 34.4 Å². The summed E-state index contributed by atoms with van der Waals surface area (Å²) >= 11 is 5.98. The molecule has 3 heterocycles. The first-order valence-electron chi connectivity index (χ1n) is 11.5. The zero-order valence-corrected chi connectivity index (χ0v) is 20.2. The molecule has 0 bridgehead atoms. The van der Waals surface area contributed by atoms with E-state index < -0.39 is 5.54 Å². The molecule has 4 aromatic rings. The summed E-state index contributed by atoms with van der Waals surface area (Å²) in [6.45, 7) is 4.35. The minimum Gasteiger partial charge on any atom is -0.463 e. The summed E-state index contributed by atoms with van der Waals surface area (Å²) in [6, 6.07) is 20.3. The Morgan fingerprint density at radius 2 is 1.83 bits per heavy atom. The van der Waals surface area contributed by atoms with Crippen molar-refractivity contribution in [2.75, 3.05) is 4.90 Å². The van der Waals surface area contributed by atoms with Gasteiger partial charge in [-0.25, -0.2) is 0 Å². The number of furan rings is 1. The van der Waals surface area contributed by atoms with Gasteiger partial charge < -0.3 is 9.73 Å². The Morgan fingerprint density at radius 3 is 2.49 bits per heavy atom. The van der Waals surface area contributed by atoms with E-state index in [1.807, 2.05) is 36.4 Å². The number of nitrogens with one attached hydrogen (secondary N) is 1. The molecule has 1 N–H and O–H groups in total. The molecule has 2 aromatic carbocycles. The minimum atomic E-state index is -1.21. The van der Waals surface area contributed by atoms with Gasteiger partial charge in [-0.15, -0.1) is 0 Å². The third-order valence-electron chi connectivity index (χ3n) is 6.39. The minimum absolute atomic E-state index is 0.191. The molecule has 0 fully saturated rings. The van der Waals surface area contributed by atoms with Crippen molar-refractivity contribution in [3.05, 3.63) is 94.8 Å². The van der Waals surface area contributed by atoms with Gasteiger partial charge in [0.1, 0.15) is 16.9 Å². The summed E-state index contributed by atoms with van der Waals surface area (Å²) in [7, 11) is 0. The largest absolute Gasteiger partial charge is 0.463 e. The molecule has 2 aromatic heterocycles. The van der Waals surface area contributed by atoms with E-state index >= 15 is 0 Å². The number of aryl methyl sites for hydroxylation is 1. The van der Waals surface area contributed by atoms with Gasteiger partial charge in [0.2, 0.25) is 5.91 Å². The molecule has 0 saturated carbocycles. The lowest BCUT2D eigenvalue weighted by Crippen LogP contribution is -2.64. The maximum atomic E-state index is 13.8. The Labute approximate surface area is 208 Å². The van der Waals surface area contributed by atoms with E-state index in [-0.39, 0.29) is 18.4 Å². The fourth-order valence-electron chi connectivity index (χ4n) is 4.39. The molecule has 5 rings (SSSR count). The van der Waals surface area contributed by atoms with Gasteiger partial charge in [-0.3, -0.25) is 19.2 Å². The van der Waals surface area contributed by atoms with E-state index in [9.17, 15) is 9.59 Å². The van der Waals surface area contributed by atoms with Gasteiger partial charge in [0.15, 0.2) is 5.76 Å². The highest BCUT2D eigenvalue weighted by atomic mass is 35.5. The predicted molar refractivity (Wildman–Crippen MR) is 134 cm³/mol. The number of hydrogen-bond acceptors (Lipinski definition) is 4. The number of amides is 2. The van der Waals surface area contributed by atoms with Crippen molar-refractivity contribution in [3.63, 3.8) is 0 Å². The van der Waals surface area contributed by atoms with Gasteiger partial charge in [-0.1, -0.05) is 42.8 Å². The van der Waals surface area contributed by atoms with Crippen LogP contribution in [0.1, 0.15) is 35.5 Å². The average molecular weight is 489 g/mol. The molecular weight excluding hydrogens is 464 g/mol. The Kier molecular flexibility index (Phi) is 5.94. The lowest BCUT2D eigenvalue weighted by Gasteiger charge is -2.43. The molecule has 1 aliphatic rings. The van der Waals surface area contributed by atoms with Crippen LogP contribution in [0, 0.1) is 0 Å². The van der Waals surface area contributed by atoms with Crippen molar-refractivity contribution in [3.8, 4) is 11.5 Å². The predicted octanol–water partition coefficient (Wildman–Crippen LogP) is 5.09.